The van der Waals surface area contributed by atoms with Crippen LogP contribution in [-0.2, 0) is 9.59 Å². The molecule has 7 heteroatoms. The average Bonchev–Trinajstić information content (AvgIpc) is 3.00. The fourth-order valence-corrected chi connectivity index (χ4v) is 3.89. The number of benzene rings is 2. The van der Waals surface area contributed by atoms with Crippen LogP contribution in [-0.4, -0.2) is 53.1 Å². The summed E-state index contributed by atoms with van der Waals surface area (Å²) in [5.74, 6) is -1.37. The molecule has 0 aliphatic carbocycles. The topological polar surface area (TPSA) is 86.8 Å². The maximum Gasteiger partial charge on any atom is 0.262 e. The SMILES string of the molecule is Cc1ccc(NC(=O)C2CCN(C(=O)CN3C(=O)c4ccccc4C3=O)CC2)cc1. The summed E-state index contributed by atoms with van der Waals surface area (Å²) in [5.41, 5.74) is 2.55. The van der Waals surface area contributed by atoms with Crippen molar-refractivity contribution in [3.05, 3.63) is 65.2 Å². The Balaban J connectivity index is 1.30. The zero-order valence-electron chi connectivity index (χ0n) is 16.8. The number of hydrogen-bond acceptors (Lipinski definition) is 4. The molecule has 0 saturated carbocycles. The van der Waals surface area contributed by atoms with Crippen LogP contribution in [0.2, 0.25) is 0 Å². The summed E-state index contributed by atoms with van der Waals surface area (Å²) in [6, 6.07) is 14.2. The van der Waals surface area contributed by atoms with Crippen molar-refractivity contribution in [3.63, 3.8) is 0 Å². The van der Waals surface area contributed by atoms with E-state index in [1.54, 1.807) is 29.2 Å². The molecule has 0 atom stereocenters. The van der Waals surface area contributed by atoms with E-state index in [-0.39, 0.29) is 24.3 Å². The van der Waals surface area contributed by atoms with Crippen molar-refractivity contribution >= 4 is 29.3 Å². The van der Waals surface area contributed by atoms with Crippen LogP contribution in [0.25, 0.3) is 0 Å². The van der Waals surface area contributed by atoms with Gasteiger partial charge >= 0.3 is 0 Å². The van der Waals surface area contributed by atoms with Gasteiger partial charge in [0.25, 0.3) is 11.8 Å². The molecular weight excluding hydrogens is 382 g/mol. The quantitative estimate of drug-likeness (QED) is 0.792. The van der Waals surface area contributed by atoms with Crippen molar-refractivity contribution in [3.8, 4) is 0 Å². The smallest absolute Gasteiger partial charge is 0.262 e. The lowest BCUT2D eigenvalue weighted by atomic mass is 9.95. The lowest BCUT2D eigenvalue weighted by molar-refractivity contribution is -0.134. The van der Waals surface area contributed by atoms with Gasteiger partial charge < -0.3 is 10.2 Å². The lowest BCUT2D eigenvalue weighted by Crippen LogP contribution is -2.46. The third kappa shape index (κ3) is 3.83. The van der Waals surface area contributed by atoms with Crippen molar-refractivity contribution < 1.29 is 19.2 Å². The molecule has 0 radical (unpaired) electrons. The van der Waals surface area contributed by atoms with Gasteiger partial charge in [-0.15, -0.1) is 0 Å². The first-order valence-electron chi connectivity index (χ1n) is 10.0. The number of carbonyl (C=O) groups excluding carboxylic acids is 4. The molecule has 0 unspecified atom stereocenters. The van der Waals surface area contributed by atoms with Gasteiger partial charge in [0.2, 0.25) is 11.8 Å². The van der Waals surface area contributed by atoms with Crippen LogP contribution in [0, 0.1) is 12.8 Å². The molecule has 7 nitrogen and oxygen atoms in total. The predicted octanol–water partition coefficient (Wildman–Crippen LogP) is 2.47. The molecule has 1 N–H and O–H groups in total. The van der Waals surface area contributed by atoms with Gasteiger partial charge in [-0.2, -0.15) is 0 Å². The van der Waals surface area contributed by atoms with E-state index in [0.717, 1.165) is 16.2 Å². The van der Waals surface area contributed by atoms with Crippen molar-refractivity contribution in [2.75, 3.05) is 25.0 Å². The van der Waals surface area contributed by atoms with Gasteiger partial charge in [-0.1, -0.05) is 29.8 Å². The van der Waals surface area contributed by atoms with E-state index in [9.17, 15) is 19.2 Å². The molecule has 2 aliphatic rings. The summed E-state index contributed by atoms with van der Waals surface area (Å²) in [5, 5.41) is 2.92. The summed E-state index contributed by atoms with van der Waals surface area (Å²) in [6.45, 7) is 2.56. The number of hydrogen-bond donors (Lipinski definition) is 1. The molecule has 0 aromatic heterocycles. The van der Waals surface area contributed by atoms with Gasteiger partial charge in [-0.05, 0) is 44.0 Å². The largest absolute Gasteiger partial charge is 0.341 e. The van der Waals surface area contributed by atoms with E-state index in [1.807, 2.05) is 31.2 Å². The first-order chi connectivity index (χ1) is 14.4. The highest BCUT2D eigenvalue weighted by molar-refractivity contribution is 6.22. The number of piperidine rings is 1. The molecule has 0 spiro atoms. The van der Waals surface area contributed by atoms with Gasteiger partial charge in [-0.3, -0.25) is 24.1 Å². The normalized spacial score (nSPS) is 16.6. The summed E-state index contributed by atoms with van der Waals surface area (Å²) >= 11 is 0. The first-order valence-corrected chi connectivity index (χ1v) is 10.0. The summed E-state index contributed by atoms with van der Waals surface area (Å²) < 4.78 is 0. The van der Waals surface area contributed by atoms with Crippen molar-refractivity contribution in [2.45, 2.75) is 19.8 Å². The van der Waals surface area contributed by atoms with E-state index >= 15 is 0 Å². The second kappa shape index (κ2) is 8.10. The van der Waals surface area contributed by atoms with Crippen LogP contribution < -0.4 is 5.32 Å². The minimum atomic E-state index is -0.434. The Morgan fingerprint density at radius 1 is 0.933 bits per heavy atom. The molecule has 2 heterocycles. The highest BCUT2D eigenvalue weighted by Gasteiger charge is 2.37. The van der Waals surface area contributed by atoms with Crippen LogP contribution in [0.3, 0.4) is 0 Å². The Morgan fingerprint density at radius 2 is 1.50 bits per heavy atom. The molecule has 1 saturated heterocycles. The summed E-state index contributed by atoms with van der Waals surface area (Å²) in [4.78, 5) is 52.7. The molecule has 1 fully saturated rings. The number of likely N-dealkylation sites (tertiary alicyclic amines) is 1. The third-order valence-corrected chi connectivity index (χ3v) is 5.71. The fraction of sp³-hybridized carbons (Fsp3) is 0.304. The maximum atomic E-state index is 12.7. The zero-order chi connectivity index (χ0) is 21.3. The maximum absolute atomic E-state index is 12.7. The molecule has 2 aromatic rings. The van der Waals surface area contributed by atoms with E-state index in [0.29, 0.717) is 37.1 Å². The second-order valence-corrected chi connectivity index (χ2v) is 7.75. The number of rotatable bonds is 4. The molecule has 4 amide bonds. The number of carbonyl (C=O) groups is 4. The zero-order valence-corrected chi connectivity index (χ0v) is 16.8. The number of imide groups is 1. The van der Waals surface area contributed by atoms with E-state index < -0.39 is 11.8 Å². The average molecular weight is 405 g/mol. The monoisotopic (exact) mass is 405 g/mol. The van der Waals surface area contributed by atoms with Crippen LogP contribution in [0.4, 0.5) is 5.69 Å². The van der Waals surface area contributed by atoms with Crippen LogP contribution in [0.1, 0.15) is 39.1 Å². The van der Waals surface area contributed by atoms with Gasteiger partial charge in [0.1, 0.15) is 6.54 Å². The molecular formula is C23H23N3O4. The van der Waals surface area contributed by atoms with Gasteiger partial charge in [0, 0.05) is 24.7 Å². The molecule has 30 heavy (non-hydrogen) atoms. The van der Waals surface area contributed by atoms with Crippen molar-refractivity contribution in [2.24, 2.45) is 5.92 Å². The first kappa shape index (κ1) is 19.8. The third-order valence-electron chi connectivity index (χ3n) is 5.71. The highest BCUT2D eigenvalue weighted by Crippen LogP contribution is 2.24. The molecule has 4 rings (SSSR count). The van der Waals surface area contributed by atoms with E-state index in [4.69, 9.17) is 0 Å². The fourth-order valence-electron chi connectivity index (χ4n) is 3.89. The van der Waals surface area contributed by atoms with Crippen molar-refractivity contribution in [1.29, 1.82) is 0 Å². The number of nitrogens with zero attached hydrogens (tertiary/aromatic N) is 2. The number of amides is 4. The number of anilines is 1. The summed E-state index contributed by atoms with van der Waals surface area (Å²) in [7, 11) is 0. The van der Waals surface area contributed by atoms with Gasteiger partial charge in [0.05, 0.1) is 11.1 Å². The van der Waals surface area contributed by atoms with Crippen LogP contribution >= 0.6 is 0 Å². The predicted molar refractivity (Wildman–Crippen MR) is 111 cm³/mol. The van der Waals surface area contributed by atoms with Crippen LogP contribution in [0.5, 0.6) is 0 Å². The standard InChI is InChI=1S/C23H23N3O4/c1-15-6-8-17(9-7-15)24-21(28)16-10-12-25(13-11-16)20(27)14-26-22(29)18-4-2-3-5-19(18)23(26)30/h2-9,16H,10-14H2,1H3,(H,24,28). The Kier molecular flexibility index (Phi) is 5.35. The van der Waals surface area contributed by atoms with Gasteiger partial charge in [0.15, 0.2) is 0 Å². The lowest BCUT2D eigenvalue weighted by Gasteiger charge is -2.32. The molecule has 2 aliphatic heterocycles. The van der Waals surface area contributed by atoms with Crippen molar-refractivity contribution in [1.82, 2.24) is 9.80 Å². The van der Waals surface area contributed by atoms with Crippen LogP contribution in [0.15, 0.2) is 48.5 Å². The molecule has 2 aromatic carbocycles. The highest BCUT2D eigenvalue weighted by atomic mass is 16.2. The Bertz CT molecular complexity index is 972. The summed E-state index contributed by atoms with van der Waals surface area (Å²) in [6.07, 6.45) is 1.09. The molecule has 0 bridgehead atoms. The molecule has 154 valence electrons. The minimum Gasteiger partial charge on any atom is -0.341 e. The Labute approximate surface area is 174 Å². The number of fused-ring (bicyclic) bond motifs is 1. The minimum absolute atomic E-state index is 0.0497. The van der Waals surface area contributed by atoms with E-state index in [2.05, 4.69) is 5.32 Å². The number of nitrogens with one attached hydrogen (secondary N) is 1. The van der Waals surface area contributed by atoms with E-state index in [1.165, 1.54) is 0 Å². The van der Waals surface area contributed by atoms with Gasteiger partial charge in [-0.25, -0.2) is 0 Å². The Morgan fingerprint density at radius 3 is 2.07 bits per heavy atom. The second-order valence-electron chi connectivity index (χ2n) is 7.75. The Hall–Kier alpha value is -3.48. The number of aryl methyl sites for hydroxylation is 1.